The van der Waals surface area contributed by atoms with Crippen molar-refractivity contribution in [2.24, 2.45) is 0 Å². The molecule has 1 aromatic heterocycles. The summed E-state index contributed by atoms with van der Waals surface area (Å²) in [5, 5.41) is 10.6. The van der Waals surface area contributed by atoms with E-state index in [1.165, 1.54) is 22.9 Å². The Kier molecular flexibility index (Phi) is 5.90. The van der Waals surface area contributed by atoms with Crippen LogP contribution in [0.1, 0.15) is 13.8 Å². The fourth-order valence-corrected chi connectivity index (χ4v) is 2.12. The first-order valence-electron chi connectivity index (χ1n) is 7.67. The number of imidazole rings is 1. The normalized spacial score (nSPS) is 15.3. The molecule has 3 rings (SSSR count). The molecule has 0 spiro atoms. The maximum absolute atomic E-state index is 12.1. The van der Waals surface area contributed by atoms with Crippen molar-refractivity contribution in [1.82, 2.24) is 9.55 Å². The first-order valence-corrected chi connectivity index (χ1v) is 7.67. The number of halogens is 3. The molecule has 0 saturated heterocycles. The summed E-state index contributed by atoms with van der Waals surface area (Å²) in [5.41, 5.74) is 0. The Hall–Kier alpha value is -2.98. The van der Waals surface area contributed by atoms with Gasteiger partial charge in [-0.1, -0.05) is 13.8 Å². The van der Waals surface area contributed by atoms with Crippen LogP contribution < -0.4 is 14.2 Å². The lowest BCUT2D eigenvalue weighted by atomic mass is 10.3. The molecule has 2 aromatic rings. The average Bonchev–Trinajstić information content (AvgIpc) is 3.13. The highest BCUT2D eigenvalue weighted by molar-refractivity contribution is 5.31. The molecule has 0 radical (unpaired) electrons. The van der Waals surface area contributed by atoms with Gasteiger partial charge in [-0.25, -0.2) is 0 Å². The second kappa shape index (κ2) is 7.93. The molecule has 2 heterocycles. The lowest BCUT2D eigenvalue weighted by Crippen LogP contribution is -2.23. The first kappa shape index (κ1) is 19.3. The number of alkyl halides is 3. The Bertz CT molecular complexity index is 722. The van der Waals surface area contributed by atoms with Gasteiger partial charge in [0.1, 0.15) is 24.3 Å². The molecule has 0 N–H and O–H groups in total. The van der Waals surface area contributed by atoms with Crippen LogP contribution in [0.4, 0.5) is 19.0 Å². The zero-order valence-electron chi connectivity index (χ0n) is 13.9. The van der Waals surface area contributed by atoms with Crippen LogP contribution in [0.2, 0.25) is 0 Å². The number of nitro groups is 1. The van der Waals surface area contributed by atoms with Gasteiger partial charge in [0.2, 0.25) is 0 Å². The zero-order valence-corrected chi connectivity index (χ0v) is 13.9. The van der Waals surface area contributed by atoms with E-state index in [1.807, 2.05) is 13.8 Å². The maximum atomic E-state index is 12.1. The summed E-state index contributed by atoms with van der Waals surface area (Å²) in [6.45, 7) is 4.43. The number of rotatable bonds is 5. The fourth-order valence-electron chi connectivity index (χ4n) is 2.12. The van der Waals surface area contributed by atoms with E-state index in [9.17, 15) is 23.3 Å². The number of hydrogen-bond acceptors (Lipinski definition) is 6. The summed E-state index contributed by atoms with van der Waals surface area (Å²) in [7, 11) is 0. The third kappa shape index (κ3) is 5.01. The Labute approximate surface area is 146 Å². The minimum atomic E-state index is -4.75. The van der Waals surface area contributed by atoms with Crippen LogP contribution in [-0.4, -0.2) is 33.5 Å². The second-order valence-electron chi connectivity index (χ2n) is 4.86. The van der Waals surface area contributed by atoms with E-state index in [-0.39, 0.29) is 24.2 Å². The molecule has 1 aliphatic heterocycles. The number of hydrogen-bond donors (Lipinski definition) is 0. The van der Waals surface area contributed by atoms with E-state index in [0.717, 1.165) is 12.1 Å². The smallest absolute Gasteiger partial charge is 0.490 e. The summed E-state index contributed by atoms with van der Waals surface area (Å²) in [6, 6.07) is 5.06. The Morgan fingerprint density at radius 2 is 1.92 bits per heavy atom. The minimum absolute atomic E-state index is 0.108. The predicted molar refractivity (Wildman–Crippen MR) is 83.3 cm³/mol. The lowest BCUT2D eigenvalue weighted by molar-refractivity contribution is -0.389. The molecule has 1 unspecified atom stereocenters. The van der Waals surface area contributed by atoms with E-state index in [2.05, 4.69) is 9.72 Å². The molecular weight excluding hydrogens is 359 g/mol. The molecule has 1 aliphatic rings. The van der Waals surface area contributed by atoms with Crippen LogP contribution in [0.5, 0.6) is 17.5 Å². The van der Waals surface area contributed by atoms with Crippen molar-refractivity contribution in [3.05, 3.63) is 40.6 Å². The monoisotopic (exact) mass is 375 g/mol. The van der Waals surface area contributed by atoms with Crippen molar-refractivity contribution in [3.8, 4) is 17.5 Å². The molecule has 0 aliphatic carbocycles. The quantitative estimate of drug-likeness (QED) is 0.587. The third-order valence-corrected chi connectivity index (χ3v) is 3.08. The van der Waals surface area contributed by atoms with Gasteiger partial charge in [-0.15, -0.1) is 13.2 Å². The second-order valence-corrected chi connectivity index (χ2v) is 4.86. The van der Waals surface area contributed by atoms with Crippen LogP contribution in [-0.2, 0) is 6.54 Å². The molecule has 11 heteroatoms. The number of nitrogens with zero attached hydrogens (tertiary/aromatic N) is 3. The predicted octanol–water partition coefficient (Wildman–Crippen LogP) is 3.56. The van der Waals surface area contributed by atoms with Gasteiger partial charge in [-0.05, 0) is 29.2 Å². The van der Waals surface area contributed by atoms with Gasteiger partial charge < -0.3 is 24.3 Å². The van der Waals surface area contributed by atoms with E-state index >= 15 is 0 Å². The molecule has 1 atom stereocenters. The summed E-state index contributed by atoms with van der Waals surface area (Å²) in [6.07, 6.45) is -3.89. The summed E-state index contributed by atoms with van der Waals surface area (Å²) in [4.78, 5) is 13.7. The fraction of sp³-hybridized carbons (Fsp3) is 0.400. The lowest BCUT2D eigenvalue weighted by Gasteiger charge is -2.12. The largest absolute Gasteiger partial charge is 0.573 e. The van der Waals surface area contributed by atoms with Crippen LogP contribution in [0, 0.1) is 10.1 Å². The molecular formula is C15H16F3N3O5. The zero-order chi connectivity index (χ0) is 19.3. The van der Waals surface area contributed by atoms with Gasteiger partial charge in [-0.2, -0.15) is 0 Å². The first-order chi connectivity index (χ1) is 12.3. The molecule has 142 valence electrons. The number of ether oxygens (including phenoxy) is 3. The van der Waals surface area contributed by atoms with Gasteiger partial charge >= 0.3 is 18.2 Å². The van der Waals surface area contributed by atoms with Gasteiger partial charge in [0.25, 0.3) is 0 Å². The van der Waals surface area contributed by atoms with E-state index < -0.39 is 17.4 Å². The summed E-state index contributed by atoms with van der Waals surface area (Å²) >= 11 is 0. The molecule has 0 amide bonds. The Balaban J connectivity index is 0.00000117. The van der Waals surface area contributed by atoms with E-state index in [4.69, 9.17) is 9.47 Å². The van der Waals surface area contributed by atoms with E-state index in [0.29, 0.717) is 12.3 Å². The van der Waals surface area contributed by atoms with Crippen molar-refractivity contribution >= 4 is 5.82 Å². The van der Waals surface area contributed by atoms with Gasteiger partial charge in [0.15, 0.2) is 6.10 Å². The molecule has 0 saturated carbocycles. The van der Waals surface area contributed by atoms with Crippen molar-refractivity contribution in [1.29, 1.82) is 0 Å². The van der Waals surface area contributed by atoms with Crippen LogP contribution in [0.3, 0.4) is 0 Å². The number of aromatic nitrogens is 2. The highest BCUT2D eigenvalue weighted by atomic mass is 19.4. The Morgan fingerprint density at radius 3 is 2.46 bits per heavy atom. The number of benzene rings is 1. The number of fused-ring (bicyclic) bond motifs is 1. The maximum Gasteiger partial charge on any atom is 0.573 e. The third-order valence-electron chi connectivity index (χ3n) is 3.08. The van der Waals surface area contributed by atoms with Crippen molar-refractivity contribution in [2.45, 2.75) is 32.9 Å². The summed E-state index contributed by atoms with van der Waals surface area (Å²) < 4.78 is 52.2. The molecule has 8 nitrogen and oxygen atoms in total. The average molecular weight is 375 g/mol. The molecule has 26 heavy (non-hydrogen) atoms. The van der Waals surface area contributed by atoms with Crippen molar-refractivity contribution < 1.29 is 32.3 Å². The summed E-state index contributed by atoms with van der Waals surface area (Å²) in [5.74, 6) is -0.312. The van der Waals surface area contributed by atoms with Gasteiger partial charge in [0, 0.05) is 4.98 Å². The van der Waals surface area contributed by atoms with Crippen LogP contribution in [0.25, 0.3) is 0 Å². The molecule has 0 fully saturated rings. The van der Waals surface area contributed by atoms with E-state index in [1.54, 1.807) is 0 Å². The van der Waals surface area contributed by atoms with Crippen LogP contribution >= 0.6 is 0 Å². The minimum Gasteiger partial charge on any atom is -0.490 e. The van der Waals surface area contributed by atoms with Crippen LogP contribution in [0.15, 0.2) is 30.5 Å². The van der Waals surface area contributed by atoms with Crippen molar-refractivity contribution in [2.75, 3.05) is 6.61 Å². The highest BCUT2D eigenvalue weighted by Gasteiger charge is 2.32. The molecule has 0 bridgehead atoms. The SMILES string of the molecule is CC.O=[N+]([O-])c1cn2c(n1)OC(COc1ccc(OC(F)(F)F)cc1)C2. The van der Waals surface area contributed by atoms with Gasteiger partial charge in [0.05, 0.1) is 6.54 Å². The van der Waals surface area contributed by atoms with Crippen molar-refractivity contribution in [3.63, 3.8) is 0 Å². The Morgan fingerprint density at radius 1 is 1.31 bits per heavy atom. The standard InChI is InChI=1S/C13H10F3N3O5.C2H6/c14-13(15,16)24-9-3-1-8(2-4-9)22-7-10-5-18-6-11(19(20)21)17-12(18)23-10;1-2/h1-4,6,10H,5,7H2;1-2H3. The van der Waals surface area contributed by atoms with Gasteiger partial charge in [-0.3, -0.25) is 4.57 Å². The highest BCUT2D eigenvalue weighted by Crippen LogP contribution is 2.27. The topological polar surface area (TPSA) is 88.7 Å². The molecule has 1 aromatic carbocycles.